The second-order valence-corrected chi connectivity index (χ2v) is 5.67. The average Bonchev–Trinajstić information content (AvgIpc) is 2.77. The van der Waals surface area contributed by atoms with E-state index in [1.54, 1.807) is 11.8 Å². The molecule has 0 unspecified atom stereocenters. The number of imidazole rings is 1. The van der Waals surface area contributed by atoms with Crippen LogP contribution in [0.5, 0.6) is 0 Å². The van der Waals surface area contributed by atoms with Gasteiger partial charge in [0.05, 0.1) is 11.0 Å². The maximum Gasteiger partial charge on any atom is 0.169 e. The Hall–Kier alpha value is -1.03. The van der Waals surface area contributed by atoms with Crippen LogP contribution in [0.2, 0.25) is 0 Å². The normalized spacial score (nSPS) is 17.4. The predicted molar refractivity (Wildman–Crippen MR) is 73.6 cm³/mol. The Morgan fingerprint density at radius 3 is 2.78 bits per heavy atom. The topological polar surface area (TPSA) is 17.8 Å². The van der Waals surface area contributed by atoms with Crippen molar-refractivity contribution in [2.75, 3.05) is 6.26 Å². The Labute approximate surface area is 111 Å². The Bertz CT molecular complexity index is 558. The van der Waals surface area contributed by atoms with Crippen molar-refractivity contribution in [2.45, 2.75) is 43.3 Å². The monoisotopic (exact) mass is 264 g/mol. The van der Waals surface area contributed by atoms with E-state index in [9.17, 15) is 4.39 Å². The number of halogens is 1. The van der Waals surface area contributed by atoms with Crippen LogP contribution in [-0.2, 0) is 0 Å². The Balaban J connectivity index is 2.12. The van der Waals surface area contributed by atoms with E-state index < -0.39 is 0 Å². The number of fused-ring (bicyclic) bond motifs is 1. The third kappa shape index (κ3) is 2.03. The Kier molecular flexibility index (Phi) is 3.29. The second kappa shape index (κ2) is 4.92. The van der Waals surface area contributed by atoms with Crippen molar-refractivity contribution < 1.29 is 4.39 Å². The summed E-state index contributed by atoms with van der Waals surface area (Å²) in [6.07, 6.45) is 8.40. The highest BCUT2D eigenvalue weighted by Crippen LogP contribution is 2.35. The molecule has 1 aromatic carbocycles. The summed E-state index contributed by atoms with van der Waals surface area (Å²) in [5.74, 6) is -0.205. The third-order valence-electron chi connectivity index (χ3n) is 3.74. The van der Waals surface area contributed by atoms with E-state index in [-0.39, 0.29) is 5.82 Å². The van der Waals surface area contributed by atoms with Gasteiger partial charge in [-0.25, -0.2) is 9.37 Å². The maximum absolute atomic E-state index is 13.3. The second-order valence-electron chi connectivity index (χ2n) is 4.89. The zero-order chi connectivity index (χ0) is 12.5. The van der Waals surface area contributed by atoms with Crippen molar-refractivity contribution in [2.24, 2.45) is 0 Å². The molecule has 2 aromatic rings. The van der Waals surface area contributed by atoms with E-state index in [1.807, 2.05) is 12.3 Å². The first-order chi connectivity index (χ1) is 8.79. The molecule has 18 heavy (non-hydrogen) atoms. The van der Waals surface area contributed by atoms with E-state index in [0.29, 0.717) is 6.04 Å². The van der Waals surface area contributed by atoms with Gasteiger partial charge in [-0.15, -0.1) is 0 Å². The largest absolute Gasteiger partial charge is 0.316 e. The molecule has 0 aliphatic heterocycles. The lowest BCUT2D eigenvalue weighted by atomic mass is 9.95. The van der Waals surface area contributed by atoms with Crippen molar-refractivity contribution >= 4 is 22.8 Å². The van der Waals surface area contributed by atoms with Gasteiger partial charge >= 0.3 is 0 Å². The fourth-order valence-corrected chi connectivity index (χ4v) is 3.52. The summed E-state index contributed by atoms with van der Waals surface area (Å²) in [7, 11) is 0. The molecule has 0 spiro atoms. The highest BCUT2D eigenvalue weighted by Gasteiger charge is 2.21. The van der Waals surface area contributed by atoms with E-state index in [0.717, 1.165) is 16.2 Å². The number of hydrogen-bond acceptors (Lipinski definition) is 2. The molecule has 1 aliphatic rings. The summed E-state index contributed by atoms with van der Waals surface area (Å²) in [5.41, 5.74) is 1.86. The van der Waals surface area contributed by atoms with E-state index >= 15 is 0 Å². The van der Waals surface area contributed by atoms with Gasteiger partial charge in [-0.3, -0.25) is 0 Å². The van der Waals surface area contributed by atoms with Crippen molar-refractivity contribution in [1.29, 1.82) is 0 Å². The molecule has 1 aromatic heterocycles. The van der Waals surface area contributed by atoms with Gasteiger partial charge in [0.25, 0.3) is 0 Å². The highest BCUT2D eigenvalue weighted by molar-refractivity contribution is 7.98. The van der Waals surface area contributed by atoms with Crippen molar-refractivity contribution in [3.05, 3.63) is 24.0 Å². The number of hydrogen-bond donors (Lipinski definition) is 0. The van der Waals surface area contributed by atoms with Crippen LogP contribution < -0.4 is 0 Å². The number of nitrogens with zero attached hydrogens (tertiary/aromatic N) is 2. The first-order valence-electron chi connectivity index (χ1n) is 6.51. The van der Waals surface area contributed by atoms with Gasteiger partial charge in [0, 0.05) is 12.1 Å². The zero-order valence-corrected chi connectivity index (χ0v) is 11.3. The number of benzene rings is 1. The molecule has 0 amide bonds. The molecule has 96 valence electrons. The first kappa shape index (κ1) is 12.0. The van der Waals surface area contributed by atoms with Gasteiger partial charge in [0.1, 0.15) is 5.82 Å². The fourth-order valence-electron chi connectivity index (χ4n) is 2.89. The Morgan fingerprint density at radius 2 is 2.06 bits per heavy atom. The molecule has 1 fully saturated rings. The molecule has 4 heteroatoms. The molecular weight excluding hydrogens is 247 g/mol. The van der Waals surface area contributed by atoms with Crippen molar-refractivity contribution in [3.8, 4) is 0 Å². The quantitative estimate of drug-likeness (QED) is 0.748. The van der Waals surface area contributed by atoms with Crippen LogP contribution in [0.4, 0.5) is 4.39 Å². The smallest absolute Gasteiger partial charge is 0.169 e. The minimum atomic E-state index is -0.205. The Morgan fingerprint density at radius 1 is 1.28 bits per heavy atom. The molecule has 1 aliphatic carbocycles. The van der Waals surface area contributed by atoms with Gasteiger partial charge in [-0.05, 0) is 31.2 Å². The number of thioether (sulfide) groups is 1. The van der Waals surface area contributed by atoms with Gasteiger partial charge in [0.2, 0.25) is 0 Å². The van der Waals surface area contributed by atoms with Crippen LogP contribution in [0.3, 0.4) is 0 Å². The van der Waals surface area contributed by atoms with Crippen LogP contribution in [-0.4, -0.2) is 15.8 Å². The first-order valence-corrected chi connectivity index (χ1v) is 7.73. The molecule has 0 atom stereocenters. The molecule has 3 rings (SSSR count). The van der Waals surface area contributed by atoms with Crippen molar-refractivity contribution in [3.63, 3.8) is 0 Å². The van der Waals surface area contributed by atoms with Crippen LogP contribution in [0, 0.1) is 5.82 Å². The summed E-state index contributed by atoms with van der Waals surface area (Å²) in [6.45, 7) is 0. The van der Waals surface area contributed by atoms with E-state index in [4.69, 9.17) is 0 Å². The summed E-state index contributed by atoms with van der Waals surface area (Å²) in [4.78, 5) is 4.55. The van der Waals surface area contributed by atoms with E-state index in [2.05, 4.69) is 9.55 Å². The zero-order valence-electron chi connectivity index (χ0n) is 10.5. The van der Waals surface area contributed by atoms with Gasteiger partial charge in [-0.1, -0.05) is 31.0 Å². The summed E-state index contributed by atoms with van der Waals surface area (Å²) < 4.78 is 15.6. The van der Waals surface area contributed by atoms with Gasteiger partial charge in [0.15, 0.2) is 5.16 Å². The molecule has 2 nitrogen and oxygen atoms in total. The van der Waals surface area contributed by atoms with Gasteiger partial charge in [-0.2, -0.15) is 0 Å². The molecular formula is C14H17FN2S. The summed E-state index contributed by atoms with van der Waals surface area (Å²) in [6, 6.07) is 5.48. The van der Waals surface area contributed by atoms with Crippen LogP contribution in [0.15, 0.2) is 23.4 Å². The lowest BCUT2D eigenvalue weighted by molar-refractivity contribution is 0.344. The van der Waals surface area contributed by atoms with E-state index in [1.165, 1.54) is 44.2 Å². The van der Waals surface area contributed by atoms with Crippen LogP contribution >= 0.6 is 11.8 Å². The SMILES string of the molecule is CSc1nc2cc(F)ccc2n1C1CCCCC1. The fraction of sp³-hybridized carbons (Fsp3) is 0.500. The van der Waals surface area contributed by atoms with Crippen LogP contribution in [0.1, 0.15) is 38.1 Å². The molecule has 1 saturated carbocycles. The molecule has 0 saturated heterocycles. The lowest BCUT2D eigenvalue weighted by Crippen LogP contribution is -2.13. The number of aromatic nitrogens is 2. The van der Waals surface area contributed by atoms with Gasteiger partial charge < -0.3 is 4.57 Å². The highest BCUT2D eigenvalue weighted by atomic mass is 32.2. The van der Waals surface area contributed by atoms with Crippen molar-refractivity contribution in [1.82, 2.24) is 9.55 Å². The number of rotatable bonds is 2. The summed E-state index contributed by atoms with van der Waals surface area (Å²) in [5, 5.41) is 1.02. The standard InChI is InChI=1S/C14H17FN2S/c1-18-14-16-12-9-10(15)7-8-13(12)17(14)11-5-3-2-4-6-11/h7-9,11H,2-6H2,1H3. The predicted octanol–water partition coefficient (Wildman–Crippen LogP) is 4.40. The molecule has 0 radical (unpaired) electrons. The third-order valence-corrected chi connectivity index (χ3v) is 4.39. The minimum absolute atomic E-state index is 0.205. The molecule has 1 heterocycles. The lowest BCUT2D eigenvalue weighted by Gasteiger charge is -2.25. The average molecular weight is 264 g/mol. The maximum atomic E-state index is 13.3. The van der Waals surface area contributed by atoms with Crippen LogP contribution in [0.25, 0.3) is 11.0 Å². The minimum Gasteiger partial charge on any atom is -0.316 e. The summed E-state index contributed by atoms with van der Waals surface area (Å²) >= 11 is 1.65. The molecule has 0 N–H and O–H groups in total. The molecule has 0 bridgehead atoms.